The zero-order valence-electron chi connectivity index (χ0n) is 14.3. The Bertz CT molecular complexity index is 754. The molecule has 0 spiro atoms. The third kappa shape index (κ3) is 3.47. The molecule has 0 aromatic carbocycles. The second kappa shape index (κ2) is 6.77. The maximum atomic E-state index is 12.9. The molecule has 1 aliphatic carbocycles. The average Bonchev–Trinajstić information content (AvgIpc) is 3.17. The van der Waals surface area contributed by atoms with Crippen molar-refractivity contribution in [2.24, 2.45) is 0 Å². The van der Waals surface area contributed by atoms with Gasteiger partial charge >= 0.3 is 6.18 Å². The molecule has 142 valence electrons. The topological polar surface area (TPSA) is 82.3 Å². The Morgan fingerprint density at radius 1 is 1.27 bits per heavy atom. The highest BCUT2D eigenvalue weighted by atomic mass is 19.4. The summed E-state index contributed by atoms with van der Waals surface area (Å²) in [6.07, 6.45) is -1.83. The molecule has 1 fully saturated rings. The molecule has 2 N–H and O–H groups in total. The molecular formula is C17H20F3N3O3. The first kappa shape index (κ1) is 18.5. The molecule has 1 atom stereocenters. The van der Waals surface area contributed by atoms with Crippen LogP contribution in [0.5, 0.6) is 0 Å². The highest BCUT2D eigenvalue weighted by Crippen LogP contribution is 2.29. The van der Waals surface area contributed by atoms with Crippen molar-refractivity contribution < 1.29 is 27.6 Å². The number of Topliss-reactive ketones (excluding diaryl/α,β-unsaturated/α-hetero) is 1. The maximum absolute atomic E-state index is 12.9. The van der Waals surface area contributed by atoms with E-state index in [1.54, 1.807) is 6.92 Å². The number of hydrogen-bond acceptors (Lipinski definition) is 3. The molecule has 0 saturated carbocycles. The molecule has 2 aliphatic rings. The van der Waals surface area contributed by atoms with E-state index in [4.69, 9.17) is 0 Å². The van der Waals surface area contributed by atoms with Crippen molar-refractivity contribution in [1.82, 2.24) is 15.2 Å². The van der Waals surface area contributed by atoms with Gasteiger partial charge in [0.25, 0.3) is 5.91 Å². The molecule has 26 heavy (non-hydrogen) atoms. The molecule has 1 aliphatic heterocycles. The van der Waals surface area contributed by atoms with Crippen LogP contribution in [-0.4, -0.2) is 52.8 Å². The van der Waals surface area contributed by atoms with Crippen molar-refractivity contribution in [3.8, 4) is 0 Å². The van der Waals surface area contributed by atoms with E-state index in [0.717, 1.165) is 5.69 Å². The normalized spacial score (nSPS) is 20.2. The lowest BCUT2D eigenvalue weighted by Gasteiger charge is -2.24. The van der Waals surface area contributed by atoms with Crippen LogP contribution in [-0.2, 0) is 11.2 Å². The van der Waals surface area contributed by atoms with Crippen molar-refractivity contribution >= 4 is 17.6 Å². The van der Waals surface area contributed by atoms with E-state index in [1.807, 2.05) is 5.32 Å². The standard InChI is InChI=1S/C17H20F3N3O3/c1-9-13-10(4-2-6-12(13)24)22-14(9)16(26)23-7-3-5-11(23)15(25)21-8-17(18,19)20/h11,22H,2-8H2,1H3,(H,21,25). The summed E-state index contributed by atoms with van der Waals surface area (Å²) >= 11 is 0. The SMILES string of the molecule is Cc1c(C(=O)N2CCCC2C(=O)NCC(F)(F)F)[nH]c2c1C(=O)CCC2. The Balaban J connectivity index is 1.79. The summed E-state index contributed by atoms with van der Waals surface area (Å²) in [6, 6.07) is -0.930. The van der Waals surface area contributed by atoms with E-state index in [2.05, 4.69) is 4.98 Å². The number of aryl methyl sites for hydroxylation is 1. The number of nitrogens with one attached hydrogen (secondary N) is 2. The van der Waals surface area contributed by atoms with Gasteiger partial charge in [0, 0.05) is 24.2 Å². The number of likely N-dealkylation sites (tertiary alicyclic amines) is 1. The van der Waals surface area contributed by atoms with Gasteiger partial charge in [0.05, 0.1) is 0 Å². The van der Waals surface area contributed by atoms with E-state index in [0.29, 0.717) is 49.8 Å². The molecule has 3 rings (SSSR count). The molecule has 2 amide bonds. The number of fused-ring (bicyclic) bond motifs is 1. The fraction of sp³-hybridized carbons (Fsp3) is 0.588. The number of H-pyrrole nitrogens is 1. The Kier molecular flexibility index (Phi) is 4.81. The van der Waals surface area contributed by atoms with Crippen molar-refractivity contribution in [3.05, 3.63) is 22.5 Å². The van der Waals surface area contributed by atoms with Crippen LogP contribution in [0.3, 0.4) is 0 Å². The minimum Gasteiger partial charge on any atom is -0.354 e. The molecule has 9 heteroatoms. The molecule has 6 nitrogen and oxygen atoms in total. The van der Waals surface area contributed by atoms with Gasteiger partial charge in [-0.3, -0.25) is 14.4 Å². The van der Waals surface area contributed by atoms with Crippen LogP contribution < -0.4 is 5.32 Å². The van der Waals surface area contributed by atoms with E-state index in [-0.39, 0.29) is 11.5 Å². The smallest absolute Gasteiger partial charge is 0.354 e. The number of aromatic amines is 1. The number of rotatable bonds is 3. The van der Waals surface area contributed by atoms with Gasteiger partial charge < -0.3 is 15.2 Å². The third-order valence-electron chi connectivity index (χ3n) is 4.93. The second-order valence-corrected chi connectivity index (χ2v) is 6.74. The molecule has 0 bridgehead atoms. The molecule has 1 aromatic rings. The van der Waals surface area contributed by atoms with E-state index in [1.165, 1.54) is 4.90 Å². The predicted octanol–water partition coefficient (Wildman–Crippen LogP) is 2.13. The first-order valence-corrected chi connectivity index (χ1v) is 8.59. The summed E-state index contributed by atoms with van der Waals surface area (Å²) in [5.74, 6) is -1.27. The van der Waals surface area contributed by atoms with Gasteiger partial charge in [-0.05, 0) is 38.2 Å². The van der Waals surface area contributed by atoms with Crippen LogP contribution in [0, 0.1) is 6.92 Å². The number of alkyl halides is 3. The molecular weight excluding hydrogens is 351 g/mol. The van der Waals surface area contributed by atoms with Crippen LogP contribution >= 0.6 is 0 Å². The summed E-state index contributed by atoms with van der Waals surface area (Å²) < 4.78 is 36.9. The van der Waals surface area contributed by atoms with Crippen LogP contribution in [0.25, 0.3) is 0 Å². The first-order chi connectivity index (χ1) is 12.2. The fourth-order valence-electron chi connectivity index (χ4n) is 3.72. The molecule has 1 saturated heterocycles. The van der Waals surface area contributed by atoms with Crippen LogP contribution in [0.4, 0.5) is 13.2 Å². The van der Waals surface area contributed by atoms with Crippen LogP contribution in [0.15, 0.2) is 0 Å². The number of halogens is 3. The number of carbonyl (C=O) groups is 3. The summed E-state index contributed by atoms with van der Waals surface area (Å²) in [5, 5.41) is 1.85. The Morgan fingerprint density at radius 2 is 2.00 bits per heavy atom. The number of nitrogens with zero attached hydrogens (tertiary/aromatic N) is 1. The Labute approximate surface area is 148 Å². The van der Waals surface area contributed by atoms with Gasteiger partial charge in [-0.1, -0.05) is 0 Å². The first-order valence-electron chi connectivity index (χ1n) is 8.59. The van der Waals surface area contributed by atoms with Gasteiger partial charge in [-0.15, -0.1) is 0 Å². The predicted molar refractivity (Wildman–Crippen MR) is 85.9 cm³/mol. The fourth-order valence-corrected chi connectivity index (χ4v) is 3.72. The van der Waals surface area contributed by atoms with Gasteiger partial charge in [-0.25, -0.2) is 0 Å². The number of amides is 2. The lowest BCUT2D eigenvalue weighted by molar-refractivity contribution is -0.140. The zero-order chi connectivity index (χ0) is 19.1. The third-order valence-corrected chi connectivity index (χ3v) is 4.93. The van der Waals surface area contributed by atoms with Crippen molar-refractivity contribution in [1.29, 1.82) is 0 Å². The molecule has 0 radical (unpaired) electrons. The van der Waals surface area contributed by atoms with Gasteiger partial charge in [0.1, 0.15) is 18.3 Å². The summed E-state index contributed by atoms with van der Waals surface area (Å²) in [4.78, 5) is 41.4. The van der Waals surface area contributed by atoms with E-state index >= 15 is 0 Å². The molecule has 1 unspecified atom stereocenters. The van der Waals surface area contributed by atoms with Gasteiger partial charge in [0.15, 0.2) is 5.78 Å². The minimum atomic E-state index is -4.50. The van der Waals surface area contributed by atoms with Crippen molar-refractivity contribution in [2.45, 2.75) is 51.2 Å². The monoisotopic (exact) mass is 371 g/mol. The number of ketones is 1. The minimum absolute atomic E-state index is 0.0139. The summed E-state index contributed by atoms with van der Waals surface area (Å²) in [6.45, 7) is 0.551. The summed E-state index contributed by atoms with van der Waals surface area (Å²) in [7, 11) is 0. The van der Waals surface area contributed by atoms with E-state index < -0.39 is 30.6 Å². The Hall–Kier alpha value is -2.32. The lowest BCUT2D eigenvalue weighted by atomic mass is 9.93. The second-order valence-electron chi connectivity index (χ2n) is 6.74. The number of aromatic nitrogens is 1. The maximum Gasteiger partial charge on any atom is 0.405 e. The van der Waals surface area contributed by atoms with Gasteiger partial charge in [0.2, 0.25) is 5.91 Å². The lowest BCUT2D eigenvalue weighted by Crippen LogP contribution is -2.48. The van der Waals surface area contributed by atoms with Crippen molar-refractivity contribution in [3.63, 3.8) is 0 Å². The Morgan fingerprint density at radius 3 is 2.65 bits per heavy atom. The van der Waals surface area contributed by atoms with Crippen molar-refractivity contribution in [2.75, 3.05) is 13.1 Å². The molecule has 2 heterocycles. The number of carbonyl (C=O) groups excluding carboxylic acids is 3. The summed E-state index contributed by atoms with van der Waals surface area (Å²) in [5.41, 5.74) is 2.06. The highest BCUT2D eigenvalue weighted by molar-refractivity contribution is 6.05. The largest absolute Gasteiger partial charge is 0.405 e. The average molecular weight is 371 g/mol. The zero-order valence-corrected chi connectivity index (χ0v) is 14.3. The highest BCUT2D eigenvalue weighted by Gasteiger charge is 2.38. The van der Waals surface area contributed by atoms with Crippen LogP contribution in [0.2, 0.25) is 0 Å². The number of hydrogen-bond donors (Lipinski definition) is 2. The molecule has 1 aromatic heterocycles. The van der Waals surface area contributed by atoms with E-state index in [9.17, 15) is 27.6 Å². The van der Waals surface area contributed by atoms with Crippen LogP contribution in [0.1, 0.15) is 57.8 Å². The van der Waals surface area contributed by atoms with Gasteiger partial charge in [-0.2, -0.15) is 13.2 Å². The quantitative estimate of drug-likeness (QED) is 0.854.